The molecule has 0 bridgehead atoms. The first kappa shape index (κ1) is 26.9. The molecule has 0 heterocycles. The monoisotopic (exact) mass is 402 g/mol. The summed E-state index contributed by atoms with van der Waals surface area (Å²) in [5.41, 5.74) is 0. The average Bonchev–Trinajstić information content (AvgIpc) is 2.66. The zero-order valence-electron chi connectivity index (χ0n) is 18.2. The molecule has 0 aromatic carbocycles. The number of carbonyl (C=O) groups is 1. The molecular formula is C24H47ClO2. The van der Waals surface area contributed by atoms with Gasteiger partial charge in [0.2, 0.25) is 5.24 Å². The summed E-state index contributed by atoms with van der Waals surface area (Å²) in [4.78, 5) is 10.7. The molecule has 0 aromatic heterocycles. The summed E-state index contributed by atoms with van der Waals surface area (Å²) in [6, 6.07) is 0. The van der Waals surface area contributed by atoms with Gasteiger partial charge in [0.15, 0.2) is 0 Å². The highest BCUT2D eigenvalue weighted by molar-refractivity contribution is 6.64. The fraction of sp³-hybridized carbons (Fsp3) is 0.958. The van der Waals surface area contributed by atoms with Gasteiger partial charge < -0.3 is 5.11 Å². The molecule has 0 spiro atoms. The standard InChI is InChI=1S/C24H47ClO2/c1-2-3-4-5-6-7-8-9-10-11-12-13-14-15-16-17-18-19-20-21-22-23(26)24(25)27/h23,26H,2-22H2,1H3. The van der Waals surface area contributed by atoms with E-state index in [1.165, 1.54) is 116 Å². The van der Waals surface area contributed by atoms with E-state index in [1.807, 2.05) is 0 Å². The van der Waals surface area contributed by atoms with Gasteiger partial charge in [-0.15, -0.1) is 0 Å². The van der Waals surface area contributed by atoms with Crippen molar-refractivity contribution in [2.45, 2.75) is 148 Å². The van der Waals surface area contributed by atoms with Gasteiger partial charge in [-0.05, 0) is 18.0 Å². The predicted molar refractivity (Wildman–Crippen MR) is 119 cm³/mol. The summed E-state index contributed by atoms with van der Waals surface area (Å²) in [5.74, 6) is 0. The minimum atomic E-state index is -0.956. The Kier molecular flexibility index (Phi) is 22.1. The first-order valence-corrected chi connectivity index (χ1v) is 12.4. The van der Waals surface area contributed by atoms with Crippen LogP contribution in [0.1, 0.15) is 142 Å². The number of halogens is 1. The molecule has 0 aliphatic rings. The Balaban J connectivity index is 3.04. The zero-order chi connectivity index (χ0) is 20.0. The normalized spacial score (nSPS) is 12.4. The molecule has 1 N–H and O–H groups in total. The molecule has 162 valence electrons. The molecule has 0 saturated heterocycles. The largest absolute Gasteiger partial charge is 0.384 e. The average molecular weight is 403 g/mol. The Hall–Kier alpha value is -0.0800. The van der Waals surface area contributed by atoms with Crippen molar-refractivity contribution in [1.82, 2.24) is 0 Å². The molecule has 0 amide bonds. The van der Waals surface area contributed by atoms with E-state index >= 15 is 0 Å². The van der Waals surface area contributed by atoms with Gasteiger partial charge in [-0.2, -0.15) is 0 Å². The van der Waals surface area contributed by atoms with Crippen LogP contribution in [0.3, 0.4) is 0 Å². The summed E-state index contributed by atoms with van der Waals surface area (Å²) in [6.07, 6.45) is 26.7. The highest BCUT2D eigenvalue weighted by atomic mass is 35.5. The van der Waals surface area contributed by atoms with Crippen molar-refractivity contribution in [3.63, 3.8) is 0 Å². The van der Waals surface area contributed by atoms with E-state index in [0.717, 1.165) is 12.8 Å². The summed E-state index contributed by atoms with van der Waals surface area (Å²) >= 11 is 5.23. The minimum Gasteiger partial charge on any atom is -0.384 e. The Morgan fingerprint density at radius 2 is 0.852 bits per heavy atom. The van der Waals surface area contributed by atoms with Gasteiger partial charge in [0, 0.05) is 0 Å². The van der Waals surface area contributed by atoms with Gasteiger partial charge in [-0.1, -0.05) is 135 Å². The van der Waals surface area contributed by atoms with Crippen LogP contribution in [-0.4, -0.2) is 16.5 Å². The van der Waals surface area contributed by atoms with Crippen LogP contribution in [-0.2, 0) is 4.79 Å². The Bertz CT molecular complexity index is 307. The maximum Gasteiger partial charge on any atom is 0.250 e. The Morgan fingerprint density at radius 3 is 1.11 bits per heavy atom. The molecule has 0 aromatic rings. The molecule has 2 nitrogen and oxygen atoms in total. The van der Waals surface area contributed by atoms with Crippen LogP contribution in [0.5, 0.6) is 0 Å². The lowest BCUT2D eigenvalue weighted by Gasteiger charge is -2.05. The molecule has 27 heavy (non-hydrogen) atoms. The van der Waals surface area contributed by atoms with Crippen LogP contribution in [0.4, 0.5) is 0 Å². The SMILES string of the molecule is CCCCCCCCCCCCCCCCCCCCCCC(O)C(=O)Cl. The highest BCUT2D eigenvalue weighted by Crippen LogP contribution is 2.15. The summed E-state index contributed by atoms with van der Waals surface area (Å²) in [7, 11) is 0. The summed E-state index contributed by atoms with van der Waals surface area (Å²) in [5, 5.41) is 8.68. The lowest BCUT2D eigenvalue weighted by molar-refractivity contribution is -0.119. The lowest BCUT2D eigenvalue weighted by atomic mass is 10.0. The fourth-order valence-corrected chi connectivity index (χ4v) is 3.82. The molecule has 0 rings (SSSR count). The van der Waals surface area contributed by atoms with Crippen molar-refractivity contribution in [3.8, 4) is 0 Å². The van der Waals surface area contributed by atoms with E-state index < -0.39 is 11.3 Å². The number of aliphatic hydroxyl groups excluding tert-OH is 1. The molecule has 0 saturated carbocycles. The van der Waals surface area contributed by atoms with E-state index in [9.17, 15) is 9.90 Å². The maximum atomic E-state index is 10.7. The topological polar surface area (TPSA) is 37.3 Å². The molecule has 1 atom stereocenters. The number of aliphatic hydroxyl groups is 1. The Labute approximate surface area is 174 Å². The second kappa shape index (κ2) is 22.2. The number of hydrogen-bond acceptors (Lipinski definition) is 2. The second-order valence-electron chi connectivity index (χ2n) is 8.33. The maximum absolute atomic E-state index is 10.7. The van der Waals surface area contributed by atoms with Crippen molar-refractivity contribution < 1.29 is 9.90 Å². The number of carbonyl (C=O) groups excluding carboxylic acids is 1. The third-order valence-electron chi connectivity index (χ3n) is 5.59. The number of hydrogen-bond donors (Lipinski definition) is 1. The van der Waals surface area contributed by atoms with Crippen molar-refractivity contribution in [2.24, 2.45) is 0 Å². The Morgan fingerprint density at radius 1 is 0.593 bits per heavy atom. The number of rotatable bonds is 22. The first-order valence-electron chi connectivity index (χ1n) is 12.1. The first-order chi connectivity index (χ1) is 13.2. The quantitative estimate of drug-likeness (QED) is 0.146. The van der Waals surface area contributed by atoms with E-state index in [0.29, 0.717) is 6.42 Å². The summed E-state index contributed by atoms with van der Waals surface area (Å²) < 4.78 is 0. The van der Waals surface area contributed by atoms with Crippen LogP contribution < -0.4 is 0 Å². The van der Waals surface area contributed by atoms with Crippen LogP contribution in [0.2, 0.25) is 0 Å². The van der Waals surface area contributed by atoms with Crippen molar-refractivity contribution in [2.75, 3.05) is 0 Å². The van der Waals surface area contributed by atoms with Gasteiger partial charge >= 0.3 is 0 Å². The molecule has 0 radical (unpaired) electrons. The second-order valence-corrected chi connectivity index (χ2v) is 8.70. The zero-order valence-corrected chi connectivity index (χ0v) is 18.9. The van der Waals surface area contributed by atoms with E-state index in [4.69, 9.17) is 11.6 Å². The smallest absolute Gasteiger partial charge is 0.250 e. The van der Waals surface area contributed by atoms with Crippen LogP contribution in [0, 0.1) is 0 Å². The molecule has 3 heteroatoms. The van der Waals surface area contributed by atoms with Gasteiger partial charge in [0.05, 0.1) is 0 Å². The molecular weight excluding hydrogens is 356 g/mol. The lowest BCUT2D eigenvalue weighted by Crippen LogP contribution is -2.14. The fourth-order valence-electron chi connectivity index (χ4n) is 3.71. The van der Waals surface area contributed by atoms with Crippen molar-refractivity contribution in [3.05, 3.63) is 0 Å². The van der Waals surface area contributed by atoms with Gasteiger partial charge in [-0.3, -0.25) is 4.79 Å². The van der Waals surface area contributed by atoms with Gasteiger partial charge in [0.25, 0.3) is 0 Å². The van der Waals surface area contributed by atoms with Crippen molar-refractivity contribution in [1.29, 1.82) is 0 Å². The van der Waals surface area contributed by atoms with Crippen LogP contribution in [0.25, 0.3) is 0 Å². The molecule has 0 aliphatic heterocycles. The van der Waals surface area contributed by atoms with E-state index in [2.05, 4.69) is 6.92 Å². The third kappa shape index (κ3) is 22.1. The minimum absolute atomic E-state index is 0.515. The van der Waals surface area contributed by atoms with Gasteiger partial charge in [0.1, 0.15) is 6.10 Å². The van der Waals surface area contributed by atoms with E-state index in [-0.39, 0.29) is 0 Å². The molecule has 0 aliphatic carbocycles. The van der Waals surface area contributed by atoms with Gasteiger partial charge in [-0.25, -0.2) is 0 Å². The number of unbranched alkanes of at least 4 members (excludes halogenated alkanes) is 19. The predicted octanol–water partition coefficient (Wildman–Crippen LogP) is 8.32. The van der Waals surface area contributed by atoms with E-state index in [1.54, 1.807) is 0 Å². The molecule has 0 fully saturated rings. The molecule has 1 unspecified atom stereocenters. The van der Waals surface area contributed by atoms with Crippen LogP contribution in [0.15, 0.2) is 0 Å². The highest BCUT2D eigenvalue weighted by Gasteiger charge is 2.10. The third-order valence-corrected chi connectivity index (χ3v) is 5.84. The summed E-state index contributed by atoms with van der Waals surface area (Å²) in [6.45, 7) is 2.28. The van der Waals surface area contributed by atoms with Crippen molar-refractivity contribution >= 4 is 16.8 Å². The van der Waals surface area contributed by atoms with Crippen LogP contribution >= 0.6 is 11.6 Å².